The van der Waals surface area contributed by atoms with E-state index in [1.165, 1.54) is 11.9 Å². The lowest BCUT2D eigenvalue weighted by molar-refractivity contribution is -0.125. The van der Waals surface area contributed by atoms with Crippen molar-refractivity contribution in [2.24, 2.45) is 10.7 Å². The van der Waals surface area contributed by atoms with Gasteiger partial charge in [-0.05, 0) is 13.5 Å². The maximum Gasteiger partial charge on any atom is 0.271 e. The Morgan fingerprint density at radius 2 is 2.19 bits per heavy atom. The number of nitrogens with two attached hydrogens (primary N) is 1. The van der Waals surface area contributed by atoms with Crippen molar-refractivity contribution in [2.45, 2.75) is 20.3 Å². The Kier molecular flexibility index (Phi) is 9.42. The summed E-state index contributed by atoms with van der Waals surface area (Å²) in [6.45, 7) is 6.13. The molecule has 0 radical (unpaired) electrons. The molecular weight excluding hydrogens is 290 g/mol. The van der Waals surface area contributed by atoms with Gasteiger partial charge >= 0.3 is 0 Å². The Morgan fingerprint density at radius 1 is 1.57 bits per heavy atom. The number of carbonyl (C=O) groups is 1. The van der Waals surface area contributed by atoms with Crippen LogP contribution < -0.4 is 5.73 Å². The number of aliphatic imine (C=N–C) groups is 1. The summed E-state index contributed by atoms with van der Waals surface area (Å²) in [7, 11) is 3.47. The van der Waals surface area contributed by atoms with Crippen LogP contribution in [0.1, 0.15) is 20.3 Å². The summed E-state index contributed by atoms with van der Waals surface area (Å²) in [5.41, 5.74) is 6.33. The highest BCUT2D eigenvalue weighted by Gasteiger charge is 2.20. The highest BCUT2D eigenvalue weighted by molar-refractivity contribution is 6.45. The number of likely N-dealkylation sites (N-methyl/N-ethyl adjacent to an activating group) is 1. The van der Waals surface area contributed by atoms with Crippen LogP contribution in [-0.4, -0.2) is 61.7 Å². The fourth-order valence-electron chi connectivity index (χ4n) is 1.71. The van der Waals surface area contributed by atoms with Crippen molar-refractivity contribution in [3.63, 3.8) is 0 Å². The second-order valence-electron chi connectivity index (χ2n) is 4.47. The van der Waals surface area contributed by atoms with E-state index in [1.54, 1.807) is 0 Å². The Morgan fingerprint density at radius 3 is 2.76 bits per heavy atom. The van der Waals surface area contributed by atoms with Gasteiger partial charge < -0.3 is 15.5 Å². The number of amides is 1. The molecule has 7 heteroatoms. The molecule has 1 rings (SSSR count). The van der Waals surface area contributed by atoms with Gasteiger partial charge in [0.2, 0.25) is 0 Å². The Balaban J connectivity index is 0.00000191. The summed E-state index contributed by atoms with van der Waals surface area (Å²) in [4.78, 5) is 19.6. The molecule has 0 aromatic rings. The van der Waals surface area contributed by atoms with Crippen LogP contribution in [-0.2, 0) is 4.79 Å². The molecule has 1 heterocycles. The largest absolute Gasteiger partial charge is 0.393 e. The van der Waals surface area contributed by atoms with Gasteiger partial charge in [-0.15, -0.1) is 0 Å². The average molecular weight is 314 g/mol. The number of rotatable bonds is 3. The average Bonchev–Trinajstić information content (AvgIpc) is 2.71. The van der Waals surface area contributed by atoms with Crippen molar-refractivity contribution >= 4 is 23.2 Å². The summed E-state index contributed by atoms with van der Waals surface area (Å²) in [6.07, 6.45) is 0.951. The van der Waals surface area contributed by atoms with E-state index in [-0.39, 0.29) is 17.3 Å². The summed E-state index contributed by atoms with van der Waals surface area (Å²) in [5.74, 6) is -0.457. The van der Waals surface area contributed by atoms with E-state index in [4.69, 9.17) is 22.6 Å². The number of halogens is 1. The van der Waals surface area contributed by atoms with E-state index in [1.807, 2.05) is 27.0 Å². The zero-order chi connectivity index (χ0) is 16.4. The van der Waals surface area contributed by atoms with Crippen LogP contribution in [0.3, 0.4) is 0 Å². The lowest BCUT2D eigenvalue weighted by Crippen LogP contribution is -2.34. The first kappa shape index (κ1) is 19.4. The minimum Gasteiger partial charge on any atom is -0.393 e. The third-order valence-corrected chi connectivity index (χ3v) is 3.22. The van der Waals surface area contributed by atoms with Gasteiger partial charge in [0.05, 0.1) is 16.8 Å². The van der Waals surface area contributed by atoms with E-state index in [0.29, 0.717) is 18.8 Å². The molecule has 0 unspecified atom stereocenters. The molecule has 1 amide bonds. The lowest BCUT2D eigenvalue weighted by Gasteiger charge is -2.17. The maximum atomic E-state index is 11.9. The molecule has 0 aromatic carbocycles. The molecule has 0 aromatic heterocycles. The number of hydrogen-bond donors (Lipinski definition) is 1. The minimum absolute atomic E-state index is 0.0317. The van der Waals surface area contributed by atoms with Crippen LogP contribution in [0, 0.1) is 11.3 Å². The molecule has 2 N–H and O–H groups in total. The highest BCUT2D eigenvalue weighted by Crippen LogP contribution is 2.13. The van der Waals surface area contributed by atoms with E-state index in [2.05, 4.69) is 9.89 Å². The van der Waals surface area contributed by atoms with Crippen LogP contribution in [0.15, 0.2) is 15.7 Å². The molecule has 0 saturated carbocycles. The van der Waals surface area contributed by atoms with Crippen molar-refractivity contribution in [2.75, 3.05) is 40.3 Å². The van der Waals surface area contributed by atoms with E-state index < -0.39 is 5.91 Å². The van der Waals surface area contributed by atoms with Crippen molar-refractivity contribution in [3.05, 3.63) is 10.7 Å². The van der Waals surface area contributed by atoms with Gasteiger partial charge in [0.15, 0.2) is 0 Å². The quantitative estimate of drug-likeness (QED) is 0.626. The number of carbonyl (C=O) groups excluding carboxylic acids is 1. The lowest BCUT2D eigenvalue weighted by atomic mass is 10.2. The SMILES string of the molecule is CC.CN1CCCN=C(/C(Cl)=C(\N)C(=O)N(C)CC#N)C1. The predicted octanol–water partition coefficient (Wildman–Crippen LogP) is 1.18. The molecule has 0 bridgehead atoms. The second kappa shape index (κ2) is 10.2. The first-order chi connectivity index (χ1) is 9.97. The molecule has 21 heavy (non-hydrogen) atoms. The number of nitriles is 1. The maximum absolute atomic E-state index is 11.9. The normalized spacial score (nSPS) is 16.5. The van der Waals surface area contributed by atoms with Crippen LogP contribution >= 0.6 is 11.6 Å². The fourth-order valence-corrected chi connectivity index (χ4v) is 1.91. The van der Waals surface area contributed by atoms with Crippen molar-refractivity contribution in [1.82, 2.24) is 9.80 Å². The van der Waals surface area contributed by atoms with Gasteiger partial charge in [-0.1, -0.05) is 25.4 Å². The number of nitrogens with zero attached hydrogens (tertiary/aromatic N) is 4. The Bertz CT molecular complexity index is 453. The molecule has 1 aliphatic rings. The predicted molar refractivity (Wildman–Crippen MR) is 86.1 cm³/mol. The summed E-state index contributed by atoms with van der Waals surface area (Å²) in [5, 5.41) is 8.75. The topological polar surface area (TPSA) is 85.7 Å². The van der Waals surface area contributed by atoms with Crippen molar-refractivity contribution in [1.29, 1.82) is 5.26 Å². The molecule has 0 saturated heterocycles. The zero-order valence-corrected chi connectivity index (χ0v) is 13.9. The van der Waals surface area contributed by atoms with Crippen LogP contribution in [0.25, 0.3) is 0 Å². The third-order valence-electron chi connectivity index (χ3n) is 2.80. The van der Waals surface area contributed by atoms with Crippen LogP contribution in [0.5, 0.6) is 0 Å². The first-order valence-electron chi connectivity index (χ1n) is 6.97. The van der Waals surface area contributed by atoms with Crippen LogP contribution in [0.4, 0.5) is 0 Å². The van der Waals surface area contributed by atoms with Gasteiger partial charge in [-0.2, -0.15) is 5.26 Å². The zero-order valence-electron chi connectivity index (χ0n) is 13.2. The van der Waals surface area contributed by atoms with Gasteiger partial charge in [-0.3, -0.25) is 9.79 Å². The standard InChI is InChI=1S/C12H18ClN5O.C2H6/c1-17-6-3-5-16-9(8-17)10(13)11(15)12(19)18(2)7-4-14;1-2/h3,5-8,15H2,1-2H3;1-2H3/b11-10+;. The van der Waals surface area contributed by atoms with Gasteiger partial charge in [0.25, 0.3) is 5.91 Å². The molecule has 0 atom stereocenters. The summed E-state index contributed by atoms with van der Waals surface area (Å²) in [6, 6.07) is 1.88. The smallest absolute Gasteiger partial charge is 0.271 e. The highest BCUT2D eigenvalue weighted by atomic mass is 35.5. The number of hydrogen-bond acceptors (Lipinski definition) is 5. The van der Waals surface area contributed by atoms with Crippen molar-refractivity contribution < 1.29 is 4.79 Å². The molecular formula is C14H24ClN5O. The van der Waals surface area contributed by atoms with Crippen LogP contribution in [0.2, 0.25) is 0 Å². The van der Waals surface area contributed by atoms with E-state index >= 15 is 0 Å². The molecule has 6 nitrogen and oxygen atoms in total. The summed E-state index contributed by atoms with van der Waals surface area (Å²) >= 11 is 6.15. The third kappa shape index (κ3) is 6.15. The Labute approximate surface area is 131 Å². The van der Waals surface area contributed by atoms with Gasteiger partial charge in [0.1, 0.15) is 12.2 Å². The van der Waals surface area contributed by atoms with E-state index in [0.717, 1.165) is 13.0 Å². The van der Waals surface area contributed by atoms with Crippen molar-refractivity contribution in [3.8, 4) is 6.07 Å². The van der Waals surface area contributed by atoms with E-state index in [9.17, 15) is 4.79 Å². The fraction of sp³-hybridized carbons (Fsp3) is 0.643. The van der Waals surface area contributed by atoms with Gasteiger partial charge in [0, 0.05) is 26.7 Å². The Hall–Kier alpha value is -1.58. The molecule has 1 aliphatic heterocycles. The first-order valence-corrected chi connectivity index (χ1v) is 7.35. The monoisotopic (exact) mass is 313 g/mol. The molecule has 0 fully saturated rings. The molecule has 0 spiro atoms. The van der Waals surface area contributed by atoms with Gasteiger partial charge in [-0.25, -0.2) is 0 Å². The summed E-state index contributed by atoms with van der Waals surface area (Å²) < 4.78 is 0. The second-order valence-corrected chi connectivity index (χ2v) is 4.84. The molecule has 118 valence electrons. The minimum atomic E-state index is -0.457. The molecule has 0 aliphatic carbocycles.